The van der Waals surface area contributed by atoms with Crippen LogP contribution in [0, 0.1) is 0 Å². The molecule has 2 heterocycles. The quantitative estimate of drug-likeness (QED) is 0.465. The third kappa shape index (κ3) is 2.16. The molecular weight excluding hydrogens is 330 g/mol. The van der Waals surface area contributed by atoms with Crippen molar-refractivity contribution in [1.82, 2.24) is 4.98 Å². The second-order valence-electron chi connectivity index (χ2n) is 5.30. The lowest BCUT2D eigenvalue weighted by atomic mass is 10.1. The predicted molar refractivity (Wildman–Crippen MR) is 93.9 cm³/mol. The number of aromatic nitrogens is 1. The van der Waals surface area contributed by atoms with Crippen molar-refractivity contribution in [1.29, 1.82) is 0 Å². The number of pyridine rings is 1. The number of para-hydroxylation sites is 2. The summed E-state index contributed by atoms with van der Waals surface area (Å²) in [6.45, 7) is 0. The molecule has 1 aliphatic heterocycles. The molecule has 4 rings (SSSR count). The molecule has 5 N–H and O–H groups in total. The van der Waals surface area contributed by atoms with Gasteiger partial charge in [0.15, 0.2) is 5.84 Å². The summed E-state index contributed by atoms with van der Waals surface area (Å²) in [6, 6.07) is 13.3. The van der Waals surface area contributed by atoms with Gasteiger partial charge >= 0.3 is 0 Å². The number of hydrogen-bond donors (Lipinski definition) is 5. The van der Waals surface area contributed by atoms with Gasteiger partial charge in [-0.05, 0) is 24.3 Å². The van der Waals surface area contributed by atoms with Gasteiger partial charge in [-0.25, -0.2) is 0 Å². The van der Waals surface area contributed by atoms with E-state index in [0.717, 1.165) is 0 Å². The molecule has 0 saturated heterocycles. The molecule has 0 spiro atoms. The van der Waals surface area contributed by atoms with Crippen molar-refractivity contribution in [2.75, 3.05) is 5.32 Å². The van der Waals surface area contributed by atoms with E-state index in [2.05, 4.69) is 14.7 Å². The van der Waals surface area contributed by atoms with Crippen LogP contribution in [-0.4, -0.2) is 25.0 Å². The van der Waals surface area contributed by atoms with Gasteiger partial charge in [0.1, 0.15) is 16.2 Å². The summed E-state index contributed by atoms with van der Waals surface area (Å²) >= 11 is 0. The third-order valence-electron chi connectivity index (χ3n) is 3.78. The minimum Gasteiger partial charge on any atom is -0.506 e. The van der Waals surface area contributed by atoms with E-state index in [0.29, 0.717) is 16.6 Å². The highest BCUT2D eigenvalue weighted by Crippen LogP contribution is 2.55. The number of fused-ring (bicyclic) bond motifs is 2. The van der Waals surface area contributed by atoms with E-state index in [1.165, 1.54) is 0 Å². The number of amidine groups is 1. The maximum atomic E-state index is 12.4. The van der Waals surface area contributed by atoms with E-state index in [-0.39, 0.29) is 22.0 Å². The molecule has 2 aromatic carbocycles. The molecule has 0 bridgehead atoms. The molecule has 24 heavy (non-hydrogen) atoms. The van der Waals surface area contributed by atoms with Crippen molar-refractivity contribution < 1.29 is 14.2 Å². The van der Waals surface area contributed by atoms with Gasteiger partial charge in [-0.15, -0.1) is 4.40 Å². The van der Waals surface area contributed by atoms with Crippen molar-refractivity contribution >= 4 is 33.2 Å². The Morgan fingerprint density at radius 1 is 1.00 bits per heavy atom. The Kier molecular flexibility index (Phi) is 3.14. The number of hydrogen-bond acceptors (Lipinski definition) is 6. The predicted octanol–water partition coefficient (Wildman–Crippen LogP) is 3.13. The van der Waals surface area contributed by atoms with Gasteiger partial charge in [-0.1, -0.05) is 35.0 Å². The lowest BCUT2D eigenvalue weighted by molar-refractivity contribution is 0.479. The standard InChI is InChI=1S/C16H13N3O4S/c20-14-9-5-1-2-6-10(9)18-16(21)13(14)15-17-11-7-3-4-8-12(11)24(22,23)19-15/h1-8,22-23H,(H,17,19)(H2,18,20,21). The number of aromatic hydroxyl groups is 1. The van der Waals surface area contributed by atoms with E-state index in [9.17, 15) is 19.0 Å². The normalized spacial score (nSPS) is 16.8. The zero-order valence-electron chi connectivity index (χ0n) is 12.2. The summed E-state index contributed by atoms with van der Waals surface area (Å²) in [4.78, 5) is 15.3. The Balaban J connectivity index is 1.96. The molecule has 0 fully saturated rings. The average molecular weight is 343 g/mol. The van der Waals surface area contributed by atoms with Crippen LogP contribution in [0.25, 0.3) is 10.9 Å². The highest BCUT2D eigenvalue weighted by Gasteiger charge is 2.29. The zero-order chi connectivity index (χ0) is 16.9. The summed E-state index contributed by atoms with van der Waals surface area (Å²) in [7, 11) is -3.46. The number of nitrogens with one attached hydrogen (secondary N) is 2. The number of anilines is 1. The summed E-state index contributed by atoms with van der Waals surface area (Å²) in [5.41, 5.74) is 0.192. The van der Waals surface area contributed by atoms with Crippen LogP contribution in [0.3, 0.4) is 0 Å². The van der Waals surface area contributed by atoms with Gasteiger partial charge < -0.3 is 15.4 Å². The lowest BCUT2D eigenvalue weighted by Crippen LogP contribution is -2.27. The molecule has 0 atom stereocenters. The SMILES string of the molecule is O=c1[nH]c2ccccc2c(O)c1C1=NS(O)(O)c2ccccc2N1. The molecule has 0 amide bonds. The number of H-pyrrole nitrogens is 1. The van der Waals surface area contributed by atoms with Crippen LogP contribution in [0.4, 0.5) is 5.69 Å². The van der Waals surface area contributed by atoms with Gasteiger partial charge in [0.25, 0.3) is 5.56 Å². The molecule has 0 radical (unpaired) electrons. The molecule has 0 unspecified atom stereocenters. The van der Waals surface area contributed by atoms with Crippen LogP contribution >= 0.6 is 10.8 Å². The monoisotopic (exact) mass is 343 g/mol. The highest BCUT2D eigenvalue weighted by molar-refractivity contribution is 8.23. The van der Waals surface area contributed by atoms with Crippen LogP contribution < -0.4 is 10.9 Å². The third-order valence-corrected chi connectivity index (χ3v) is 5.17. The average Bonchev–Trinajstić information content (AvgIpc) is 2.54. The fourth-order valence-corrected chi connectivity index (χ4v) is 3.85. The van der Waals surface area contributed by atoms with Gasteiger partial charge in [-0.3, -0.25) is 13.9 Å². The first-order chi connectivity index (χ1) is 11.5. The summed E-state index contributed by atoms with van der Waals surface area (Å²) < 4.78 is 24.4. The zero-order valence-corrected chi connectivity index (χ0v) is 13.0. The minimum atomic E-state index is -3.46. The lowest BCUT2D eigenvalue weighted by Gasteiger charge is -2.34. The first-order valence-corrected chi connectivity index (χ1v) is 8.56. The highest BCUT2D eigenvalue weighted by atomic mass is 32.3. The molecular formula is C16H13N3O4S. The van der Waals surface area contributed by atoms with E-state index < -0.39 is 16.3 Å². The number of benzene rings is 2. The molecule has 1 aromatic heterocycles. The summed E-state index contributed by atoms with van der Waals surface area (Å²) in [5.74, 6) is -0.353. The minimum absolute atomic E-state index is 0.0850. The fraction of sp³-hybridized carbons (Fsp3) is 0. The molecule has 0 saturated carbocycles. The second kappa shape index (κ2) is 5.10. The Labute approximate surface area is 137 Å². The van der Waals surface area contributed by atoms with Crippen molar-refractivity contribution in [3.8, 4) is 5.75 Å². The summed E-state index contributed by atoms with van der Waals surface area (Å²) in [6.07, 6.45) is 0. The van der Waals surface area contributed by atoms with E-state index >= 15 is 0 Å². The molecule has 7 nitrogen and oxygen atoms in total. The maximum absolute atomic E-state index is 12.4. The van der Waals surface area contributed by atoms with Gasteiger partial charge in [0.05, 0.1) is 11.2 Å². The number of rotatable bonds is 1. The van der Waals surface area contributed by atoms with E-state index in [1.54, 1.807) is 48.5 Å². The van der Waals surface area contributed by atoms with E-state index in [1.807, 2.05) is 0 Å². The topological polar surface area (TPSA) is 118 Å². The van der Waals surface area contributed by atoms with Crippen LogP contribution in [-0.2, 0) is 0 Å². The van der Waals surface area contributed by atoms with Crippen molar-refractivity contribution in [2.45, 2.75) is 4.90 Å². The van der Waals surface area contributed by atoms with Crippen molar-refractivity contribution in [2.24, 2.45) is 4.40 Å². The number of nitrogens with zero attached hydrogens (tertiary/aromatic N) is 1. The van der Waals surface area contributed by atoms with Gasteiger partial charge in [0.2, 0.25) is 0 Å². The van der Waals surface area contributed by atoms with E-state index in [4.69, 9.17) is 0 Å². The Hall–Kier alpha value is -2.81. The maximum Gasteiger partial charge on any atom is 0.263 e. The van der Waals surface area contributed by atoms with Crippen LogP contribution in [0.5, 0.6) is 5.75 Å². The van der Waals surface area contributed by atoms with Crippen LogP contribution in [0.2, 0.25) is 0 Å². The Morgan fingerprint density at radius 3 is 2.54 bits per heavy atom. The largest absolute Gasteiger partial charge is 0.506 e. The molecule has 122 valence electrons. The van der Waals surface area contributed by atoms with Gasteiger partial charge in [-0.2, -0.15) is 0 Å². The van der Waals surface area contributed by atoms with Gasteiger partial charge in [0, 0.05) is 5.39 Å². The smallest absolute Gasteiger partial charge is 0.263 e. The molecule has 8 heteroatoms. The first kappa shape index (κ1) is 14.8. The fourth-order valence-electron chi connectivity index (χ4n) is 2.69. The Morgan fingerprint density at radius 2 is 1.71 bits per heavy atom. The first-order valence-electron chi connectivity index (χ1n) is 7.06. The Bertz CT molecular complexity index is 1060. The molecule has 0 aliphatic carbocycles. The van der Waals surface area contributed by atoms with Crippen LogP contribution in [0.15, 0.2) is 62.6 Å². The molecule has 3 aromatic rings. The van der Waals surface area contributed by atoms with Crippen molar-refractivity contribution in [3.05, 3.63) is 64.4 Å². The van der Waals surface area contributed by atoms with Crippen LogP contribution in [0.1, 0.15) is 5.56 Å². The summed E-state index contributed by atoms with van der Waals surface area (Å²) in [5, 5.41) is 13.8. The molecule has 1 aliphatic rings. The number of aromatic amines is 1. The second-order valence-corrected chi connectivity index (χ2v) is 6.96. The van der Waals surface area contributed by atoms with Crippen molar-refractivity contribution in [3.63, 3.8) is 0 Å².